The maximum atomic E-state index is 11.5. The van der Waals surface area contributed by atoms with Gasteiger partial charge in [0.05, 0.1) is 18.4 Å². The topological polar surface area (TPSA) is 119 Å². The Morgan fingerprint density at radius 3 is 3.00 bits per heavy atom. The highest BCUT2D eigenvalue weighted by molar-refractivity contribution is 5.68. The molecule has 174 valence electrons. The Morgan fingerprint density at radius 1 is 1.24 bits per heavy atom. The summed E-state index contributed by atoms with van der Waals surface area (Å²) in [6.45, 7) is 1.44. The van der Waals surface area contributed by atoms with E-state index >= 15 is 0 Å². The number of rotatable bonds is 6. The first-order chi connectivity index (χ1) is 16.5. The predicted octanol–water partition coefficient (Wildman–Crippen LogP) is 2.71. The maximum Gasteiger partial charge on any atom is 0.304 e. The summed E-state index contributed by atoms with van der Waals surface area (Å²) in [4.78, 5) is 20.3. The van der Waals surface area contributed by atoms with Crippen LogP contribution in [0.25, 0.3) is 0 Å². The third kappa shape index (κ3) is 4.82. The Morgan fingerprint density at radius 2 is 2.12 bits per heavy atom. The first-order valence-corrected chi connectivity index (χ1v) is 11.1. The fraction of sp³-hybridized carbons (Fsp3) is 0.320. The minimum absolute atomic E-state index is 0.0460. The first kappa shape index (κ1) is 21.8. The zero-order valence-electron chi connectivity index (χ0n) is 18.4. The normalized spacial score (nSPS) is 15.4. The van der Waals surface area contributed by atoms with Crippen LogP contribution in [-0.2, 0) is 17.8 Å². The van der Waals surface area contributed by atoms with Gasteiger partial charge in [0.15, 0.2) is 17.6 Å². The number of hydrogen-bond acceptors (Lipinski definition) is 7. The molecule has 0 saturated heterocycles. The average molecular weight is 460 g/mol. The number of aliphatic carboxylic acids is 1. The van der Waals surface area contributed by atoms with Crippen LogP contribution in [0.1, 0.15) is 47.4 Å². The highest BCUT2D eigenvalue weighted by Crippen LogP contribution is 2.36. The van der Waals surface area contributed by atoms with Crippen molar-refractivity contribution in [2.75, 3.05) is 18.7 Å². The van der Waals surface area contributed by atoms with E-state index < -0.39 is 12.1 Å². The molecule has 2 aliphatic heterocycles. The number of aliphatic hydroxyl groups excluding tert-OH is 1. The van der Waals surface area contributed by atoms with Gasteiger partial charge in [-0.05, 0) is 48.1 Å². The van der Waals surface area contributed by atoms with E-state index in [0.717, 1.165) is 36.3 Å². The summed E-state index contributed by atoms with van der Waals surface area (Å²) >= 11 is 0. The quantitative estimate of drug-likeness (QED) is 0.481. The summed E-state index contributed by atoms with van der Waals surface area (Å²) in [5.74, 6) is 6.58. The molecule has 34 heavy (non-hydrogen) atoms. The number of nitrogens with zero attached hydrogens (tertiary/aromatic N) is 3. The van der Waals surface area contributed by atoms with Crippen LogP contribution in [0.15, 0.2) is 42.9 Å². The lowest BCUT2D eigenvalue weighted by Gasteiger charge is -2.17. The fourth-order valence-corrected chi connectivity index (χ4v) is 4.16. The van der Waals surface area contributed by atoms with Crippen molar-refractivity contribution in [3.05, 3.63) is 65.4 Å². The van der Waals surface area contributed by atoms with Crippen LogP contribution < -0.4 is 14.8 Å². The fourth-order valence-electron chi connectivity index (χ4n) is 4.16. The third-order valence-corrected chi connectivity index (χ3v) is 5.89. The molecule has 0 amide bonds. The summed E-state index contributed by atoms with van der Waals surface area (Å²) in [6.07, 6.45) is 4.32. The van der Waals surface area contributed by atoms with Crippen LogP contribution in [0, 0.1) is 11.8 Å². The number of nitrogens with one attached hydrogen (secondary N) is 1. The van der Waals surface area contributed by atoms with E-state index in [2.05, 4.69) is 27.1 Å². The Hall–Kier alpha value is -4.03. The second kappa shape index (κ2) is 9.45. The molecule has 0 bridgehead atoms. The number of carboxylic acid groups (broad SMARTS) is 1. The molecule has 0 saturated carbocycles. The highest BCUT2D eigenvalue weighted by atomic mass is 16.7. The zero-order chi connectivity index (χ0) is 23.5. The van der Waals surface area contributed by atoms with E-state index in [1.165, 1.54) is 0 Å². The molecular weight excluding hydrogens is 436 g/mol. The van der Waals surface area contributed by atoms with Crippen LogP contribution in [0.5, 0.6) is 11.5 Å². The smallest absolute Gasteiger partial charge is 0.304 e. The van der Waals surface area contributed by atoms with Gasteiger partial charge in [-0.15, -0.1) is 0 Å². The maximum absolute atomic E-state index is 11.5. The number of carbonyl (C=O) groups is 1. The predicted molar refractivity (Wildman–Crippen MR) is 123 cm³/mol. The number of ether oxygens (including phenoxy) is 2. The van der Waals surface area contributed by atoms with E-state index in [9.17, 15) is 15.0 Å². The molecule has 1 aromatic carbocycles. The van der Waals surface area contributed by atoms with Crippen molar-refractivity contribution in [2.45, 2.75) is 37.8 Å². The van der Waals surface area contributed by atoms with Crippen LogP contribution >= 0.6 is 0 Å². The lowest BCUT2D eigenvalue weighted by molar-refractivity contribution is -0.137. The minimum Gasteiger partial charge on any atom is -0.481 e. The molecule has 2 aromatic heterocycles. The molecule has 0 radical (unpaired) electrons. The van der Waals surface area contributed by atoms with Gasteiger partial charge in [-0.25, -0.2) is 9.97 Å². The summed E-state index contributed by atoms with van der Waals surface area (Å²) < 4.78 is 12.6. The van der Waals surface area contributed by atoms with Gasteiger partial charge in [0.1, 0.15) is 11.5 Å². The van der Waals surface area contributed by atoms with Crippen molar-refractivity contribution in [3.63, 3.8) is 0 Å². The van der Waals surface area contributed by atoms with E-state index in [1.54, 1.807) is 29.2 Å². The third-order valence-electron chi connectivity index (χ3n) is 5.89. The monoisotopic (exact) mass is 460 g/mol. The Balaban J connectivity index is 1.29. The van der Waals surface area contributed by atoms with Gasteiger partial charge in [0.25, 0.3) is 0 Å². The second-order valence-corrected chi connectivity index (χ2v) is 8.31. The molecule has 2 atom stereocenters. The van der Waals surface area contributed by atoms with Crippen LogP contribution in [-0.4, -0.2) is 44.1 Å². The number of pyridine rings is 1. The number of aliphatic hydroxyl groups is 1. The summed E-state index contributed by atoms with van der Waals surface area (Å²) in [5, 5.41) is 23.1. The van der Waals surface area contributed by atoms with Crippen molar-refractivity contribution in [2.24, 2.45) is 0 Å². The molecule has 0 aliphatic carbocycles. The van der Waals surface area contributed by atoms with Gasteiger partial charge in [-0.1, -0.05) is 18.1 Å². The van der Waals surface area contributed by atoms with Crippen molar-refractivity contribution in [3.8, 4) is 23.3 Å². The molecule has 9 nitrogen and oxygen atoms in total. The van der Waals surface area contributed by atoms with Crippen LogP contribution in [0.2, 0.25) is 0 Å². The summed E-state index contributed by atoms with van der Waals surface area (Å²) in [6, 6.07) is 9.25. The van der Waals surface area contributed by atoms with Gasteiger partial charge < -0.3 is 29.6 Å². The largest absolute Gasteiger partial charge is 0.481 e. The van der Waals surface area contributed by atoms with Gasteiger partial charge >= 0.3 is 5.97 Å². The molecule has 3 N–H and O–H groups in total. The first-order valence-electron chi connectivity index (χ1n) is 11.1. The number of anilines is 1. The van der Waals surface area contributed by atoms with Gasteiger partial charge in [0, 0.05) is 25.2 Å². The molecule has 3 aromatic rings. The van der Waals surface area contributed by atoms with E-state index in [4.69, 9.17) is 9.47 Å². The van der Waals surface area contributed by atoms with Crippen molar-refractivity contribution in [1.82, 2.24) is 14.5 Å². The lowest BCUT2D eigenvalue weighted by atomic mass is 9.95. The minimum atomic E-state index is -1.03. The van der Waals surface area contributed by atoms with E-state index in [1.807, 2.05) is 18.2 Å². The van der Waals surface area contributed by atoms with Gasteiger partial charge in [0.2, 0.25) is 6.79 Å². The molecule has 2 aliphatic rings. The van der Waals surface area contributed by atoms with Crippen molar-refractivity contribution >= 4 is 11.8 Å². The van der Waals surface area contributed by atoms with Crippen molar-refractivity contribution < 1.29 is 24.5 Å². The van der Waals surface area contributed by atoms with E-state index in [-0.39, 0.29) is 19.1 Å². The molecule has 5 rings (SSSR count). The zero-order valence-corrected chi connectivity index (χ0v) is 18.4. The van der Waals surface area contributed by atoms with Gasteiger partial charge in [-0.2, -0.15) is 0 Å². The SMILES string of the molecule is O=C(O)CC(Cn1cnc(C#CC(O)c2ccc3c(n2)NCCC3)c1)c1ccc2c(c1)OCO2. The Labute approximate surface area is 196 Å². The second-order valence-electron chi connectivity index (χ2n) is 8.31. The van der Waals surface area contributed by atoms with Gasteiger partial charge in [-0.3, -0.25) is 4.79 Å². The lowest BCUT2D eigenvalue weighted by Crippen LogP contribution is -2.14. The molecule has 2 unspecified atom stereocenters. The molecule has 0 fully saturated rings. The van der Waals surface area contributed by atoms with E-state index in [0.29, 0.717) is 29.4 Å². The number of imidazole rings is 1. The number of benzene rings is 1. The Bertz CT molecular complexity index is 1280. The van der Waals surface area contributed by atoms with Crippen molar-refractivity contribution in [1.29, 1.82) is 0 Å². The molecule has 4 heterocycles. The van der Waals surface area contributed by atoms with Crippen LogP contribution in [0.4, 0.5) is 5.82 Å². The average Bonchev–Trinajstić information content (AvgIpc) is 3.50. The number of fused-ring (bicyclic) bond motifs is 2. The molecule has 0 spiro atoms. The highest BCUT2D eigenvalue weighted by Gasteiger charge is 2.21. The number of hydrogen-bond donors (Lipinski definition) is 3. The summed E-state index contributed by atoms with van der Waals surface area (Å²) in [7, 11) is 0. The number of aryl methyl sites for hydroxylation is 1. The van der Waals surface area contributed by atoms with Crippen LogP contribution in [0.3, 0.4) is 0 Å². The number of carboxylic acids is 1. The molecule has 9 heteroatoms. The Kier molecular flexibility index (Phi) is 6.06. The molecular formula is C25H24N4O5. The standard InChI is InChI=1S/C25H24N4O5/c30-21(20-6-3-16-2-1-9-26-25(16)28-20)7-5-19-13-29(14-27-19)12-18(11-24(31)32)17-4-8-22-23(10-17)34-15-33-22/h3-4,6,8,10,13-14,18,21,30H,1-2,9,11-12,15H2,(H,26,28)(H,31,32). The number of aromatic nitrogens is 3. The summed E-state index contributed by atoms with van der Waals surface area (Å²) in [5.41, 5.74) is 2.96.